The van der Waals surface area contributed by atoms with E-state index in [1.807, 2.05) is 18.2 Å². The normalized spacial score (nSPS) is 22.2. The Morgan fingerprint density at radius 2 is 1.84 bits per heavy atom. The third-order valence-electron chi connectivity index (χ3n) is 6.70. The van der Waals surface area contributed by atoms with Gasteiger partial charge in [0.25, 0.3) is 0 Å². The molecule has 2 aromatic carbocycles. The van der Waals surface area contributed by atoms with Gasteiger partial charge >= 0.3 is 6.18 Å². The molecular weight excluding hydrogens is 423 g/mol. The zero-order valence-electron chi connectivity index (χ0n) is 17.5. The summed E-state index contributed by atoms with van der Waals surface area (Å²) < 4.78 is 38.4. The lowest BCUT2D eigenvalue weighted by atomic mass is 9.93. The monoisotopic (exact) mass is 447 g/mol. The van der Waals surface area contributed by atoms with Crippen molar-refractivity contribution < 1.29 is 18.0 Å². The molecule has 31 heavy (non-hydrogen) atoms. The molecule has 0 spiro atoms. The van der Waals surface area contributed by atoms with Crippen LogP contribution >= 0.6 is 11.6 Å². The zero-order valence-corrected chi connectivity index (χ0v) is 18.3. The summed E-state index contributed by atoms with van der Waals surface area (Å²) in [6.07, 6.45) is -0.623. The quantitative estimate of drug-likeness (QED) is 0.576. The first-order valence-corrected chi connectivity index (χ1v) is 10.9. The summed E-state index contributed by atoms with van der Waals surface area (Å²) in [5.41, 5.74) is 5.50. The predicted molar refractivity (Wildman–Crippen MR) is 117 cm³/mol. The number of hydrogen-bond acceptors (Lipinski definition) is 1. The number of alkyl halides is 3. The van der Waals surface area contributed by atoms with E-state index in [9.17, 15) is 18.0 Å². The number of benzene rings is 2. The van der Waals surface area contributed by atoms with E-state index in [1.165, 1.54) is 22.3 Å². The van der Waals surface area contributed by atoms with Gasteiger partial charge in [-0.2, -0.15) is 13.2 Å². The third kappa shape index (κ3) is 4.25. The van der Waals surface area contributed by atoms with Crippen molar-refractivity contribution in [3.63, 3.8) is 0 Å². The Bertz CT molecular complexity index is 1040. The van der Waals surface area contributed by atoms with Crippen LogP contribution in [0.4, 0.5) is 13.2 Å². The SMILES string of the molecule is CC1(C)[C@H](C(=O)NCc2cccc3c2CCCc2ccccc2-3)[C@@H]1C=C(Cl)C(F)(F)F. The second-order valence-corrected chi connectivity index (χ2v) is 9.42. The van der Waals surface area contributed by atoms with Gasteiger partial charge in [0.05, 0.1) is 5.92 Å². The summed E-state index contributed by atoms with van der Waals surface area (Å²) in [5.74, 6) is -1.28. The minimum Gasteiger partial charge on any atom is -0.352 e. The van der Waals surface area contributed by atoms with Gasteiger partial charge in [-0.3, -0.25) is 4.79 Å². The molecule has 1 saturated carbocycles. The number of hydrogen-bond donors (Lipinski definition) is 1. The van der Waals surface area contributed by atoms with E-state index in [4.69, 9.17) is 11.6 Å². The lowest BCUT2D eigenvalue weighted by Crippen LogP contribution is -2.27. The molecule has 0 radical (unpaired) electrons. The Kier molecular flexibility index (Phi) is 5.67. The van der Waals surface area contributed by atoms with Crippen molar-refractivity contribution >= 4 is 17.5 Å². The van der Waals surface area contributed by atoms with Crippen LogP contribution in [0.25, 0.3) is 11.1 Å². The number of aryl methyl sites for hydroxylation is 1. The van der Waals surface area contributed by atoms with E-state index in [2.05, 4.69) is 29.6 Å². The van der Waals surface area contributed by atoms with E-state index < -0.39 is 28.5 Å². The molecule has 2 aromatic rings. The lowest BCUT2D eigenvalue weighted by Gasteiger charge is -2.15. The molecule has 1 fully saturated rings. The van der Waals surface area contributed by atoms with Gasteiger partial charge in [0.15, 0.2) is 0 Å². The summed E-state index contributed by atoms with van der Waals surface area (Å²) in [6.45, 7) is 3.95. The van der Waals surface area contributed by atoms with E-state index >= 15 is 0 Å². The Morgan fingerprint density at radius 3 is 2.58 bits per heavy atom. The summed E-state index contributed by atoms with van der Waals surface area (Å²) in [5, 5.41) is 1.80. The van der Waals surface area contributed by atoms with E-state index in [0.29, 0.717) is 6.54 Å². The molecule has 1 N–H and O–H groups in total. The fourth-order valence-corrected chi connectivity index (χ4v) is 4.97. The number of rotatable bonds is 4. The summed E-state index contributed by atoms with van der Waals surface area (Å²) in [4.78, 5) is 12.8. The molecule has 2 aliphatic rings. The van der Waals surface area contributed by atoms with Crippen LogP contribution in [-0.2, 0) is 24.2 Å². The number of nitrogens with one attached hydrogen (secondary N) is 1. The number of amides is 1. The van der Waals surface area contributed by atoms with Crippen LogP contribution < -0.4 is 5.32 Å². The smallest absolute Gasteiger partial charge is 0.352 e. The highest BCUT2D eigenvalue weighted by Crippen LogP contribution is 2.60. The van der Waals surface area contributed by atoms with Crippen LogP contribution in [-0.4, -0.2) is 12.1 Å². The second-order valence-electron chi connectivity index (χ2n) is 9.01. The fourth-order valence-electron chi connectivity index (χ4n) is 4.84. The minimum absolute atomic E-state index is 0.232. The molecular formula is C25H25ClF3NO. The minimum atomic E-state index is -4.58. The molecule has 2 aliphatic carbocycles. The first-order valence-electron chi connectivity index (χ1n) is 10.5. The number of halogens is 4. The average molecular weight is 448 g/mol. The fraction of sp³-hybridized carbons (Fsp3) is 0.400. The number of allylic oxidation sites excluding steroid dienone is 2. The lowest BCUT2D eigenvalue weighted by molar-refractivity contribution is -0.123. The molecule has 0 heterocycles. The summed E-state index contributed by atoms with van der Waals surface area (Å²) in [6, 6.07) is 14.5. The largest absolute Gasteiger partial charge is 0.426 e. The zero-order chi connectivity index (χ0) is 22.4. The Labute approximate surface area is 185 Å². The van der Waals surface area contributed by atoms with E-state index in [-0.39, 0.29) is 5.91 Å². The van der Waals surface area contributed by atoms with Gasteiger partial charge < -0.3 is 5.32 Å². The number of fused-ring (bicyclic) bond motifs is 3. The molecule has 6 heteroatoms. The maximum absolute atomic E-state index is 12.8. The van der Waals surface area contributed by atoms with Crippen molar-refractivity contribution in [1.29, 1.82) is 0 Å². The van der Waals surface area contributed by atoms with Crippen molar-refractivity contribution in [2.75, 3.05) is 0 Å². The van der Waals surface area contributed by atoms with Crippen LogP contribution in [0.2, 0.25) is 0 Å². The van der Waals surface area contributed by atoms with Crippen molar-refractivity contribution in [1.82, 2.24) is 5.32 Å². The summed E-state index contributed by atoms with van der Waals surface area (Å²) in [7, 11) is 0. The molecule has 0 bridgehead atoms. The average Bonchev–Trinajstić information content (AvgIpc) is 3.32. The third-order valence-corrected chi connectivity index (χ3v) is 7.04. The standard InChI is InChI=1S/C25H25ClF3NO/c1-24(2)20(13-21(26)25(27,28)29)22(24)23(31)30-14-16-9-6-12-19-17-10-4-3-7-15(17)8-5-11-18(16)19/h3-4,6-7,9-10,12-13,20,22H,5,8,11,14H2,1-2H3,(H,30,31)/t20-,22-/m0/s1. The van der Waals surface area contributed by atoms with Crippen LogP contribution in [0.1, 0.15) is 37.0 Å². The molecule has 0 saturated heterocycles. The topological polar surface area (TPSA) is 29.1 Å². The van der Waals surface area contributed by atoms with Crippen molar-refractivity contribution in [3.8, 4) is 11.1 Å². The predicted octanol–water partition coefficient (Wildman–Crippen LogP) is 6.42. The van der Waals surface area contributed by atoms with Gasteiger partial charge in [-0.25, -0.2) is 0 Å². The van der Waals surface area contributed by atoms with Crippen molar-refractivity contribution in [3.05, 3.63) is 70.3 Å². The molecule has 2 atom stereocenters. The van der Waals surface area contributed by atoms with Crippen LogP contribution in [0.5, 0.6) is 0 Å². The van der Waals surface area contributed by atoms with Gasteiger partial charge in [0, 0.05) is 6.54 Å². The second kappa shape index (κ2) is 8.01. The van der Waals surface area contributed by atoms with Gasteiger partial charge in [0.1, 0.15) is 5.03 Å². The summed E-state index contributed by atoms with van der Waals surface area (Å²) >= 11 is 5.40. The molecule has 1 amide bonds. The van der Waals surface area contributed by atoms with Gasteiger partial charge in [-0.15, -0.1) is 0 Å². The number of carbonyl (C=O) groups excluding carboxylic acids is 1. The van der Waals surface area contributed by atoms with E-state index in [0.717, 1.165) is 30.9 Å². The van der Waals surface area contributed by atoms with Crippen molar-refractivity contribution in [2.45, 2.75) is 45.8 Å². The molecule has 0 aromatic heterocycles. The maximum Gasteiger partial charge on any atom is 0.426 e. The van der Waals surface area contributed by atoms with Crippen LogP contribution in [0.3, 0.4) is 0 Å². The molecule has 164 valence electrons. The molecule has 0 aliphatic heterocycles. The van der Waals surface area contributed by atoms with Crippen LogP contribution in [0, 0.1) is 17.3 Å². The van der Waals surface area contributed by atoms with E-state index in [1.54, 1.807) is 13.8 Å². The van der Waals surface area contributed by atoms with Gasteiger partial charge in [-0.05, 0) is 58.4 Å². The number of carbonyl (C=O) groups is 1. The Morgan fingerprint density at radius 1 is 1.13 bits per heavy atom. The first-order chi connectivity index (χ1) is 14.6. The first kappa shape index (κ1) is 21.9. The van der Waals surface area contributed by atoms with Crippen LogP contribution in [0.15, 0.2) is 53.6 Å². The highest BCUT2D eigenvalue weighted by Gasteiger charge is 2.61. The maximum atomic E-state index is 12.8. The van der Waals surface area contributed by atoms with Crippen molar-refractivity contribution in [2.24, 2.45) is 17.3 Å². The van der Waals surface area contributed by atoms with Gasteiger partial charge in [0.2, 0.25) is 5.91 Å². The molecule has 4 rings (SSSR count). The van der Waals surface area contributed by atoms with Gasteiger partial charge in [-0.1, -0.05) is 74.0 Å². The molecule has 0 unspecified atom stereocenters. The highest BCUT2D eigenvalue weighted by molar-refractivity contribution is 6.30. The highest BCUT2D eigenvalue weighted by atomic mass is 35.5. The Hall–Kier alpha value is -2.27. The Balaban J connectivity index is 1.51. The molecule has 2 nitrogen and oxygen atoms in total.